The van der Waals surface area contributed by atoms with Crippen molar-refractivity contribution in [2.45, 2.75) is 43.5 Å². The summed E-state index contributed by atoms with van der Waals surface area (Å²) < 4.78 is 26.2. The monoisotopic (exact) mass is 446 g/mol. The number of rotatable bonds is 8. The molecule has 0 spiro atoms. The molecule has 1 fully saturated rings. The minimum absolute atomic E-state index is 0.0697. The highest BCUT2D eigenvalue weighted by molar-refractivity contribution is 7.98. The molecule has 0 atom stereocenters. The van der Waals surface area contributed by atoms with E-state index >= 15 is 0 Å². The topological polar surface area (TPSA) is 66.5 Å². The lowest BCUT2D eigenvalue weighted by molar-refractivity contribution is 0.0943. The Hall–Kier alpha value is -1.99. The number of carbonyl (C=O) groups excluding carboxylic acids is 1. The predicted molar refractivity (Wildman–Crippen MR) is 125 cm³/mol. The molecule has 1 saturated carbocycles. The Balaban J connectivity index is 1.67. The fraction of sp³-hybridized carbons (Fsp3) is 0.435. The summed E-state index contributed by atoms with van der Waals surface area (Å²) >= 11 is 1.57. The lowest BCUT2D eigenvalue weighted by Gasteiger charge is -2.23. The Morgan fingerprint density at radius 1 is 1.10 bits per heavy atom. The number of nitrogens with zero attached hydrogens (tertiary/aromatic N) is 1. The number of hydrogen-bond donors (Lipinski definition) is 1. The largest absolute Gasteiger partial charge is 0.352 e. The Labute approximate surface area is 184 Å². The van der Waals surface area contributed by atoms with Crippen molar-refractivity contribution in [1.29, 1.82) is 0 Å². The Morgan fingerprint density at radius 3 is 2.43 bits per heavy atom. The van der Waals surface area contributed by atoms with Gasteiger partial charge in [-0.3, -0.25) is 9.10 Å². The second kappa shape index (κ2) is 10.4. The quantitative estimate of drug-likeness (QED) is 0.598. The van der Waals surface area contributed by atoms with Gasteiger partial charge in [0.15, 0.2) is 0 Å². The molecule has 2 aromatic rings. The van der Waals surface area contributed by atoms with Gasteiger partial charge < -0.3 is 5.32 Å². The summed E-state index contributed by atoms with van der Waals surface area (Å²) in [5.41, 5.74) is 2.07. The van der Waals surface area contributed by atoms with E-state index in [4.69, 9.17) is 0 Å². The average molecular weight is 447 g/mol. The maximum Gasteiger partial charge on any atom is 0.251 e. The molecule has 0 heterocycles. The van der Waals surface area contributed by atoms with Crippen LogP contribution in [0.3, 0.4) is 0 Å². The van der Waals surface area contributed by atoms with Crippen molar-refractivity contribution >= 4 is 33.4 Å². The third kappa shape index (κ3) is 6.25. The van der Waals surface area contributed by atoms with Crippen LogP contribution in [0.25, 0.3) is 0 Å². The van der Waals surface area contributed by atoms with Gasteiger partial charge in [-0.05, 0) is 60.9 Å². The van der Waals surface area contributed by atoms with Crippen LogP contribution < -0.4 is 9.62 Å². The molecule has 0 bridgehead atoms. The van der Waals surface area contributed by atoms with Crippen molar-refractivity contribution in [2.24, 2.45) is 5.92 Å². The second-order valence-electron chi connectivity index (χ2n) is 7.88. The summed E-state index contributed by atoms with van der Waals surface area (Å²) in [7, 11) is -3.44. The summed E-state index contributed by atoms with van der Waals surface area (Å²) in [5.74, 6) is 0.516. The van der Waals surface area contributed by atoms with E-state index in [2.05, 4.69) is 5.32 Å². The van der Waals surface area contributed by atoms with Crippen LogP contribution in [0, 0.1) is 5.92 Å². The number of carbonyl (C=O) groups is 1. The van der Waals surface area contributed by atoms with Crippen molar-refractivity contribution in [2.75, 3.05) is 23.4 Å². The molecule has 0 saturated heterocycles. The Morgan fingerprint density at radius 2 is 1.80 bits per heavy atom. The summed E-state index contributed by atoms with van der Waals surface area (Å²) in [6.45, 7) is 0.953. The minimum atomic E-state index is -3.44. The highest BCUT2D eigenvalue weighted by atomic mass is 32.2. The Kier molecular flexibility index (Phi) is 7.83. The van der Waals surface area contributed by atoms with Gasteiger partial charge in [0, 0.05) is 17.0 Å². The normalized spacial score (nSPS) is 15.0. The summed E-state index contributed by atoms with van der Waals surface area (Å²) in [4.78, 5) is 13.5. The average Bonchev–Trinajstić information content (AvgIpc) is 2.76. The van der Waals surface area contributed by atoms with E-state index in [1.807, 2.05) is 36.6 Å². The van der Waals surface area contributed by atoms with Gasteiger partial charge in [0.05, 0.1) is 18.5 Å². The van der Waals surface area contributed by atoms with Crippen LogP contribution >= 0.6 is 11.8 Å². The number of amides is 1. The molecule has 5 nitrogen and oxygen atoms in total. The van der Waals surface area contributed by atoms with E-state index in [1.165, 1.54) is 42.7 Å². The van der Waals surface area contributed by atoms with E-state index < -0.39 is 10.0 Å². The zero-order chi connectivity index (χ0) is 21.6. The maximum absolute atomic E-state index is 12.5. The lowest BCUT2D eigenvalue weighted by Crippen LogP contribution is -2.30. The molecule has 0 aromatic heterocycles. The van der Waals surface area contributed by atoms with Crippen molar-refractivity contribution < 1.29 is 13.2 Å². The molecule has 1 amide bonds. The third-order valence-electron chi connectivity index (χ3n) is 5.56. The van der Waals surface area contributed by atoms with Gasteiger partial charge in [0.2, 0.25) is 10.0 Å². The van der Waals surface area contributed by atoms with Crippen molar-refractivity contribution in [3.05, 3.63) is 59.7 Å². The zero-order valence-corrected chi connectivity index (χ0v) is 19.3. The molecule has 3 rings (SSSR count). The molecule has 0 unspecified atom stereocenters. The number of thioether (sulfide) groups is 1. The first-order valence-corrected chi connectivity index (χ1v) is 13.4. The Bertz CT molecular complexity index is 953. The fourth-order valence-electron chi connectivity index (χ4n) is 3.82. The molecule has 0 radical (unpaired) electrons. The van der Waals surface area contributed by atoms with Crippen LogP contribution in [-0.2, 0) is 16.6 Å². The zero-order valence-electron chi connectivity index (χ0n) is 17.6. The number of benzene rings is 2. The molecule has 1 aliphatic carbocycles. The van der Waals surface area contributed by atoms with E-state index in [0.717, 1.165) is 17.0 Å². The highest BCUT2D eigenvalue weighted by Gasteiger charge is 2.19. The van der Waals surface area contributed by atoms with Gasteiger partial charge in [-0.15, -0.1) is 11.8 Å². The second-order valence-corrected chi connectivity index (χ2v) is 10.7. The number of anilines is 1. The summed E-state index contributed by atoms with van der Waals surface area (Å²) in [6.07, 6.45) is 9.38. The summed E-state index contributed by atoms with van der Waals surface area (Å²) in [6, 6.07) is 14.7. The van der Waals surface area contributed by atoms with Crippen LogP contribution in [0.4, 0.5) is 5.69 Å². The maximum atomic E-state index is 12.5. The number of nitrogens with one attached hydrogen (secondary N) is 1. The number of hydrogen-bond acceptors (Lipinski definition) is 4. The standard InChI is InChI=1S/C23H30N2O3S2/c1-29-22-10-6-9-21(15-22)25(30(2,27)28)17-19-11-13-20(14-12-19)23(26)24-16-18-7-4-3-5-8-18/h6,9-15,18H,3-5,7-8,16-17H2,1-2H3,(H,24,26). The molecule has 30 heavy (non-hydrogen) atoms. The SMILES string of the molecule is CSc1cccc(N(Cc2ccc(C(=O)NCC3CCCCC3)cc2)S(C)(=O)=O)c1. The van der Waals surface area contributed by atoms with E-state index in [0.29, 0.717) is 17.2 Å². The van der Waals surface area contributed by atoms with Crippen LogP contribution in [-0.4, -0.2) is 33.4 Å². The van der Waals surface area contributed by atoms with Crippen LogP contribution in [0.5, 0.6) is 0 Å². The molecule has 2 aromatic carbocycles. The predicted octanol–water partition coefficient (Wildman–Crippen LogP) is 4.68. The highest BCUT2D eigenvalue weighted by Crippen LogP contribution is 2.26. The smallest absolute Gasteiger partial charge is 0.251 e. The van der Waals surface area contributed by atoms with Crippen molar-refractivity contribution in [3.63, 3.8) is 0 Å². The lowest BCUT2D eigenvalue weighted by atomic mass is 9.89. The van der Waals surface area contributed by atoms with Gasteiger partial charge in [-0.1, -0.05) is 37.5 Å². The van der Waals surface area contributed by atoms with Crippen LogP contribution in [0.2, 0.25) is 0 Å². The van der Waals surface area contributed by atoms with Crippen LogP contribution in [0.15, 0.2) is 53.4 Å². The van der Waals surface area contributed by atoms with Gasteiger partial charge in [-0.25, -0.2) is 8.42 Å². The molecule has 1 aliphatic rings. The third-order valence-corrected chi connectivity index (χ3v) is 7.43. The molecule has 162 valence electrons. The van der Waals surface area contributed by atoms with Gasteiger partial charge >= 0.3 is 0 Å². The molecular formula is C23H30N2O3S2. The number of sulfonamides is 1. The van der Waals surface area contributed by atoms with E-state index in [-0.39, 0.29) is 12.5 Å². The molecule has 7 heteroatoms. The molecule has 0 aliphatic heterocycles. The van der Waals surface area contributed by atoms with Gasteiger partial charge in [0.1, 0.15) is 0 Å². The summed E-state index contributed by atoms with van der Waals surface area (Å²) in [5, 5.41) is 3.04. The van der Waals surface area contributed by atoms with Crippen molar-refractivity contribution in [3.8, 4) is 0 Å². The first-order valence-electron chi connectivity index (χ1n) is 10.4. The minimum Gasteiger partial charge on any atom is -0.352 e. The fourth-order valence-corrected chi connectivity index (χ4v) is 5.16. The molecular weight excluding hydrogens is 416 g/mol. The van der Waals surface area contributed by atoms with Gasteiger partial charge in [0.25, 0.3) is 5.91 Å². The van der Waals surface area contributed by atoms with Gasteiger partial charge in [-0.2, -0.15) is 0 Å². The van der Waals surface area contributed by atoms with Crippen LogP contribution in [0.1, 0.15) is 48.0 Å². The first-order chi connectivity index (χ1) is 14.4. The van der Waals surface area contributed by atoms with Crippen molar-refractivity contribution in [1.82, 2.24) is 5.32 Å². The first kappa shape index (κ1) is 22.7. The van der Waals surface area contributed by atoms with E-state index in [9.17, 15) is 13.2 Å². The van der Waals surface area contributed by atoms with E-state index in [1.54, 1.807) is 30.0 Å². The molecule has 1 N–H and O–H groups in total.